The highest BCUT2D eigenvalue weighted by atomic mass is 32.1. The van der Waals surface area contributed by atoms with Crippen LogP contribution in [0.3, 0.4) is 0 Å². The molecule has 1 aromatic heterocycles. The third kappa shape index (κ3) is 3.93. The molecule has 148 valence electrons. The van der Waals surface area contributed by atoms with Crippen molar-refractivity contribution in [1.82, 2.24) is 14.8 Å². The summed E-state index contributed by atoms with van der Waals surface area (Å²) in [5, 5.41) is 23.6. The van der Waals surface area contributed by atoms with Gasteiger partial charge in [0.05, 0.1) is 34.5 Å². The van der Waals surface area contributed by atoms with Gasteiger partial charge in [0.15, 0.2) is 0 Å². The van der Waals surface area contributed by atoms with Crippen LogP contribution in [0.25, 0.3) is 6.08 Å². The molecule has 2 fully saturated rings. The molecular weight excluding hydrogens is 366 g/mol. The molecule has 0 aliphatic carbocycles. The number of carbonyl (C=O) groups is 2. The summed E-state index contributed by atoms with van der Waals surface area (Å²) < 4.78 is 0. The number of rotatable bonds is 2. The van der Waals surface area contributed by atoms with E-state index in [2.05, 4.69) is 4.98 Å². The van der Waals surface area contributed by atoms with Crippen molar-refractivity contribution in [3.63, 3.8) is 0 Å². The van der Waals surface area contributed by atoms with Crippen molar-refractivity contribution in [3.8, 4) is 0 Å². The van der Waals surface area contributed by atoms with Gasteiger partial charge in [0, 0.05) is 37.9 Å². The second-order valence-electron chi connectivity index (χ2n) is 7.67. The van der Waals surface area contributed by atoms with Crippen molar-refractivity contribution in [2.45, 2.75) is 63.3 Å². The largest absolute Gasteiger partial charge is 0.390 e. The number of hydrogen-bond donors (Lipinski definition) is 2. The molecule has 0 aromatic carbocycles. The molecule has 1 aromatic rings. The predicted molar refractivity (Wildman–Crippen MR) is 103 cm³/mol. The number of aryl methyl sites for hydroxylation is 1. The number of hydrogen-bond acceptors (Lipinski definition) is 6. The zero-order valence-electron chi connectivity index (χ0n) is 16.0. The highest BCUT2D eigenvalue weighted by molar-refractivity contribution is 7.09. The van der Waals surface area contributed by atoms with Crippen molar-refractivity contribution in [1.29, 1.82) is 0 Å². The second-order valence-corrected chi connectivity index (χ2v) is 8.73. The van der Waals surface area contributed by atoms with E-state index in [1.54, 1.807) is 22.9 Å². The molecule has 2 saturated heterocycles. The van der Waals surface area contributed by atoms with Crippen LogP contribution in [0.1, 0.15) is 43.3 Å². The van der Waals surface area contributed by atoms with Gasteiger partial charge in [-0.1, -0.05) is 0 Å². The summed E-state index contributed by atoms with van der Waals surface area (Å²) in [6.07, 6.45) is 3.09. The van der Waals surface area contributed by atoms with Crippen LogP contribution in [-0.4, -0.2) is 74.2 Å². The highest BCUT2D eigenvalue weighted by Crippen LogP contribution is 2.37. The lowest BCUT2D eigenvalue weighted by Gasteiger charge is -2.46. The van der Waals surface area contributed by atoms with E-state index < -0.39 is 17.7 Å². The highest BCUT2D eigenvalue weighted by Gasteiger charge is 2.50. The first-order valence-corrected chi connectivity index (χ1v) is 10.1. The molecule has 2 N–H and O–H groups in total. The number of aromatic nitrogens is 1. The number of β-amino-alcohol motifs (C(OH)–C–C–N with tert-alkyl or cyclic N) is 1. The molecular formula is C19H27N3O4S. The molecule has 0 spiro atoms. The van der Waals surface area contributed by atoms with Gasteiger partial charge < -0.3 is 20.0 Å². The Morgan fingerprint density at radius 1 is 1.41 bits per heavy atom. The molecule has 8 heteroatoms. The standard InChI is InChI=1S/C19H27N3O4S/c1-12-20-13(11-27-12)7-8-18(26)22-10-15(24)14(23)9-19(2)16(22)5-4-6-17(25)21(19)3/h7-8,11,14-16,23-24H,4-6,9-10H2,1-3H3/t14-,15+,16-,19+/m1/s1. The van der Waals surface area contributed by atoms with Gasteiger partial charge in [0.2, 0.25) is 11.8 Å². The summed E-state index contributed by atoms with van der Waals surface area (Å²) in [5.41, 5.74) is -0.0113. The average Bonchev–Trinajstić information content (AvgIpc) is 2.97. The molecule has 2 amide bonds. The minimum absolute atomic E-state index is 0.00415. The Bertz CT molecular complexity index is 749. The summed E-state index contributed by atoms with van der Waals surface area (Å²) in [4.78, 5) is 33.0. The Morgan fingerprint density at radius 3 is 2.81 bits per heavy atom. The Kier molecular flexibility index (Phi) is 5.69. The lowest BCUT2D eigenvalue weighted by atomic mass is 9.83. The SMILES string of the molecule is Cc1nc(C=CC(=O)N2C[C@H](O)[C@H](O)C[C@@]3(C)[C@H]2CCCC(=O)N3C)cs1. The summed E-state index contributed by atoms with van der Waals surface area (Å²) in [5.74, 6) is -0.239. The Hall–Kier alpha value is -1.77. The fraction of sp³-hybridized carbons (Fsp3) is 0.632. The first-order chi connectivity index (χ1) is 12.7. The quantitative estimate of drug-likeness (QED) is 0.736. The monoisotopic (exact) mass is 393 g/mol. The fourth-order valence-corrected chi connectivity index (χ4v) is 4.74. The number of fused-ring (bicyclic) bond motifs is 1. The maximum Gasteiger partial charge on any atom is 0.247 e. The maximum atomic E-state index is 13.0. The van der Waals surface area contributed by atoms with Crippen LogP contribution >= 0.6 is 11.3 Å². The van der Waals surface area contributed by atoms with Crippen LogP contribution in [-0.2, 0) is 9.59 Å². The zero-order valence-corrected chi connectivity index (χ0v) is 16.8. The number of likely N-dealkylation sites (N-methyl/N-ethyl adjacent to an activating group) is 1. The van der Waals surface area contributed by atoms with Gasteiger partial charge in [0.1, 0.15) is 0 Å². The van der Waals surface area contributed by atoms with Crippen LogP contribution in [0, 0.1) is 6.92 Å². The predicted octanol–water partition coefficient (Wildman–Crippen LogP) is 1.19. The number of nitrogens with zero attached hydrogens (tertiary/aromatic N) is 3. The second kappa shape index (κ2) is 7.69. The zero-order chi connectivity index (χ0) is 19.8. The van der Waals surface area contributed by atoms with E-state index in [1.165, 1.54) is 17.4 Å². The fourth-order valence-electron chi connectivity index (χ4n) is 4.16. The van der Waals surface area contributed by atoms with Crippen molar-refractivity contribution in [2.75, 3.05) is 13.6 Å². The van der Waals surface area contributed by atoms with E-state index in [0.29, 0.717) is 19.3 Å². The van der Waals surface area contributed by atoms with E-state index >= 15 is 0 Å². The summed E-state index contributed by atoms with van der Waals surface area (Å²) in [7, 11) is 1.72. The lowest BCUT2D eigenvalue weighted by Crippen LogP contribution is -2.60. The minimum atomic E-state index is -1.05. The van der Waals surface area contributed by atoms with Gasteiger partial charge >= 0.3 is 0 Å². The van der Waals surface area contributed by atoms with Crippen molar-refractivity contribution < 1.29 is 19.8 Å². The van der Waals surface area contributed by atoms with Crippen LogP contribution in [0.2, 0.25) is 0 Å². The molecule has 0 saturated carbocycles. The van der Waals surface area contributed by atoms with E-state index in [4.69, 9.17) is 0 Å². The van der Waals surface area contributed by atoms with Crippen LogP contribution < -0.4 is 0 Å². The van der Waals surface area contributed by atoms with E-state index in [9.17, 15) is 19.8 Å². The summed E-state index contributed by atoms with van der Waals surface area (Å²) >= 11 is 1.51. The van der Waals surface area contributed by atoms with Crippen LogP contribution in [0.15, 0.2) is 11.5 Å². The van der Waals surface area contributed by atoms with Crippen LogP contribution in [0.4, 0.5) is 0 Å². The molecule has 7 nitrogen and oxygen atoms in total. The number of aliphatic hydroxyl groups excluding tert-OH is 2. The molecule has 0 radical (unpaired) electrons. The van der Waals surface area contributed by atoms with E-state index in [0.717, 1.165) is 10.7 Å². The smallest absolute Gasteiger partial charge is 0.247 e. The number of amides is 2. The normalized spacial score (nSPS) is 32.3. The number of thiazole rings is 1. The molecule has 2 aliphatic rings. The average molecular weight is 394 g/mol. The Morgan fingerprint density at radius 2 is 2.15 bits per heavy atom. The topological polar surface area (TPSA) is 94.0 Å². The first kappa shape index (κ1) is 20.0. The summed E-state index contributed by atoms with van der Waals surface area (Å²) in [6.45, 7) is 3.85. The number of carbonyl (C=O) groups excluding carboxylic acids is 2. The van der Waals surface area contributed by atoms with E-state index in [1.807, 2.05) is 19.2 Å². The molecule has 3 rings (SSSR count). The summed E-state index contributed by atoms with van der Waals surface area (Å²) in [6, 6.07) is -0.268. The maximum absolute atomic E-state index is 13.0. The lowest BCUT2D eigenvalue weighted by molar-refractivity contribution is -0.140. The van der Waals surface area contributed by atoms with Gasteiger partial charge in [-0.2, -0.15) is 0 Å². The van der Waals surface area contributed by atoms with Gasteiger partial charge in [-0.3, -0.25) is 9.59 Å². The third-order valence-electron chi connectivity index (χ3n) is 5.87. The molecule has 4 atom stereocenters. The Balaban J connectivity index is 1.92. The van der Waals surface area contributed by atoms with Gasteiger partial charge in [0.25, 0.3) is 0 Å². The number of aliphatic hydroxyl groups is 2. The molecule has 0 unspecified atom stereocenters. The Labute approximate surface area is 163 Å². The van der Waals surface area contributed by atoms with Crippen molar-refractivity contribution >= 4 is 29.2 Å². The minimum Gasteiger partial charge on any atom is -0.390 e. The van der Waals surface area contributed by atoms with E-state index in [-0.39, 0.29) is 30.8 Å². The van der Waals surface area contributed by atoms with Gasteiger partial charge in [-0.15, -0.1) is 11.3 Å². The molecule has 0 bridgehead atoms. The van der Waals surface area contributed by atoms with Crippen molar-refractivity contribution in [3.05, 3.63) is 22.2 Å². The molecule has 3 heterocycles. The third-order valence-corrected chi connectivity index (χ3v) is 6.66. The molecule has 27 heavy (non-hydrogen) atoms. The van der Waals surface area contributed by atoms with Gasteiger partial charge in [-0.25, -0.2) is 4.98 Å². The van der Waals surface area contributed by atoms with Crippen molar-refractivity contribution in [2.24, 2.45) is 0 Å². The van der Waals surface area contributed by atoms with Gasteiger partial charge in [-0.05, 0) is 32.8 Å². The first-order valence-electron chi connectivity index (χ1n) is 9.26. The molecule has 2 aliphatic heterocycles. The van der Waals surface area contributed by atoms with Crippen LogP contribution in [0.5, 0.6) is 0 Å². The number of likely N-dealkylation sites (tertiary alicyclic amines) is 2.